The van der Waals surface area contributed by atoms with E-state index >= 15 is 0 Å². The van der Waals surface area contributed by atoms with Gasteiger partial charge in [0.05, 0.1) is 22.7 Å². The minimum atomic E-state index is -0.407. The number of nitrogens with one attached hydrogen (secondary N) is 2. The molecule has 1 aliphatic heterocycles. The zero-order valence-electron chi connectivity index (χ0n) is 12.2. The molecule has 0 aromatic carbocycles. The largest absolute Gasteiger partial charge is 0.391 e. The molecule has 7 nitrogen and oxygen atoms in total. The fourth-order valence-corrected chi connectivity index (χ4v) is 2.51. The van der Waals surface area contributed by atoms with Crippen molar-refractivity contribution in [2.75, 3.05) is 19.6 Å². The van der Waals surface area contributed by atoms with Gasteiger partial charge in [0.15, 0.2) is 0 Å². The topological polar surface area (TPSA) is 100 Å². The van der Waals surface area contributed by atoms with Gasteiger partial charge in [-0.05, 0) is 12.5 Å². The first-order valence-electron chi connectivity index (χ1n) is 7.10. The Bertz CT molecular complexity index is 661. The number of fused-ring (bicyclic) bond motifs is 1. The monoisotopic (exact) mass is 326 g/mol. The van der Waals surface area contributed by atoms with Gasteiger partial charge in [0, 0.05) is 31.7 Å². The third-order valence-corrected chi connectivity index (χ3v) is 3.83. The first-order chi connectivity index (χ1) is 10.2. The van der Waals surface area contributed by atoms with Gasteiger partial charge in [0.2, 0.25) is 0 Å². The van der Waals surface area contributed by atoms with Crippen LogP contribution in [0.2, 0.25) is 0 Å². The molecule has 2 unspecified atom stereocenters. The molecule has 0 aliphatic carbocycles. The van der Waals surface area contributed by atoms with Gasteiger partial charge in [-0.3, -0.25) is 4.79 Å². The smallest absolute Gasteiger partial charge is 0.257 e. The number of aliphatic hydroxyl groups excluding tert-OH is 1. The lowest BCUT2D eigenvalue weighted by Crippen LogP contribution is -2.34. The molecular formula is C14H19ClN4O3. The fraction of sp³-hybridized carbons (Fsp3) is 0.500. The van der Waals surface area contributed by atoms with E-state index in [1.165, 1.54) is 6.20 Å². The van der Waals surface area contributed by atoms with Gasteiger partial charge in [0.1, 0.15) is 0 Å². The number of carbonyl (C=O) groups is 1. The predicted octanol–water partition coefficient (Wildman–Crippen LogP) is 0.517. The van der Waals surface area contributed by atoms with Gasteiger partial charge in [-0.2, -0.15) is 0 Å². The van der Waals surface area contributed by atoms with Crippen LogP contribution in [0.15, 0.2) is 16.8 Å². The highest BCUT2D eigenvalue weighted by Crippen LogP contribution is 2.18. The van der Waals surface area contributed by atoms with Crippen molar-refractivity contribution >= 4 is 29.4 Å². The number of nitrogens with zero attached hydrogens (tertiary/aromatic N) is 2. The van der Waals surface area contributed by atoms with Crippen molar-refractivity contribution in [3.8, 4) is 0 Å². The van der Waals surface area contributed by atoms with E-state index in [2.05, 4.69) is 20.8 Å². The Hall–Kier alpha value is -1.70. The maximum Gasteiger partial charge on any atom is 0.257 e. The third kappa shape index (κ3) is 3.21. The van der Waals surface area contributed by atoms with E-state index in [0.717, 1.165) is 17.5 Å². The summed E-state index contributed by atoms with van der Waals surface area (Å²) in [5.74, 6) is -0.154. The molecule has 1 aliphatic rings. The summed E-state index contributed by atoms with van der Waals surface area (Å²) >= 11 is 0. The fourth-order valence-electron chi connectivity index (χ4n) is 2.51. The number of carbonyl (C=O) groups excluding carboxylic acids is 1. The highest BCUT2D eigenvalue weighted by Gasteiger charge is 2.25. The number of rotatable bonds is 4. The molecule has 0 radical (unpaired) electrons. The van der Waals surface area contributed by atoms with Crippen LogP contribution in [0.1, 0.15) is 23.0 Å². The summed E-state index contributed by atoms with van der Waals surface area (Å²) in [6.07, 6.45) is 1.79. The summed E-state index contributed by atoms with van der Waals surface area (Å²) in [6, 6.07) is 1.75. The average molecular weight is 327 g/mol. The van der Waals surface area contributed by atoms with Crippen molar-refractivity contribution in [1.29, 1.82) is 0 Å². The molecule has 0 saturated carbocycles. The molecule has 1 fully saturated rings. The van der Waals surface area contributed by atoms with E-state index in [4.69, 9.17) is 4.52 Å². The number of pyridine rings is 1. The van der Waals surface area contributed by atoms with Gasteiger partial charge >= 0.3 is 0 Å². The molecule has 1 amide bonds. The number of amides is 1. The third-order valence-electron chi connectivity index (χ3n) is 3.83. The van der Waals surface area contributed by atoms with Gasteiger partial charge in [-0.1, -0.05) is 12.1 Å². The molecule has 22 heavy (non-hydrogen) atoms. The maximum atomic E-state index is 12.2. The van der Waals surface area contributed by atoms with Crippen molar-refractivity contribution in [2.24, 2.45) is 5.92 Å². The Balaban J connectivity index is 0.00000176. The second-order valence-electron chi connectivity index (χ2n) is 5.26. The first-order valence-corrected chi connectivity index (χ1v) is 7.10. The van der Waals surface area contributed by atoms with Crippen LogP contribution in [0, 0.1) is 5.92 Å². The Morgan fingerprint density at radius 1 is 1.55 bits per heavy atom. The quantitative estimate of drug-likeness (QED) is 0.757. The zero-order chi connectivity index (χ0) is 14.8. The molecule has 2 atom stereocenters. The molecule has 3 heterocycles. The summed E-state index contributed by atoms with van der Waals surface area (Å²) in [7, 11) is 0. The molecule has 2 aromatic heterocycles. The normalized spacial score (nSPS) is 20.8. The van der Waals surface area contributed by atoms with Crippen LogP contribution in [0.3, 0.4) is 0 Å². The molecular weight excluding hydrogens is 308 g/mol. The van der Waals surface area contributed by atoms with E-state index in [0.29, 0.717) is 30.9 Å². The highest BCUT2D eigenvalue weighted by molar-refractivity contribution is 5.97. The molecule has 2 aromatic rings. The Labute approximate surface area is 133 Å². The molecule has 0 bridgehead atoms. The van der Waals surface area contributed by atoms with E-state index in [1.54, 1.807) is 6.07 Å². The lowest BCUT2D eigenvalue weighted by Gasteiger charge is -2.13. The zero-order valence-corrected chi connectivity index (χ0v) is 13.0. The van der Waals surface area contributed by atoms with Crippen molar-refractivity contribution in [3.63, 3.8) is 0 Å². The average Bonchev–Trinajstić information content (AvgIpc) is 3.09. The number of aliphatic hydroxyl groups is 1. The van der Waals surface area contributed by atoms with Crippen LogP contribution in [-0.2, 0) is 6.42 Å². The van der Waals surface area contributed by atoms with Gasteiger partial charge in [-0.15, -0.1) is 12.4 Å². The summed E-state index contributed by atoms with van der Waals surface area (Å²) < 4.78 is 5.10. The maximum absolute atomic E-state index is 12.2. The predicted molar refractivity (Wildman–Crippen MR) is 83.1 cm³/mol. The van der Waals surface area contributed by atoms with Crippen molar-refractivity contribution in [2.45, 2.75) is 19.4 Å². The van der Waals surface area contributed by atoms with E-state index in [-0.39, 0.29) is 24.2 Å². The molecule has 120 valence electrons. The van der Waals surface area contributed by atoms with Crippen LogP contribution in [-0.4, -0.2) is 46.9 Å². The number of hydrogen-bond donors (Lipinski definition) is 3. The Morgan fingerprint density at radius 3 is 3.05 bits per heavy atom. The van der Waals surface area contributed by atoms with Crippen LogP contribution < -0.4 is 10.6 Å². The van der Waals surface area contributed by atoms with Crippen LogP contribution in [0.5, 0.6) is 0 Å². The molecule has 0 spiro atoms. The summed E-state index contributed by atoms with van der Waals surface area (Å²) in [5.41, 5.74) is 1.71. The van der Waals surface area contributed by atoms with Crippen molar-refractivity contribution in [1.82, 2.24) is 20.8 Å². The van der Waals surface area contributed by atoms with E-state index in [9.17, 15) is 9.90 Å². The van der Waals surface area contributed by atoms with Crippen LogP contribution in [0.4, 0.5) is 0 Å². The number of halogens is 1. The molecule has 3 rings (SSSR count). The van der Waals surface area contributed by atoms with Gasteiger partial charge < -0.3 is 20.3 Å². The Kier molecular flexibility index (Phi) is 5.33. The van der Waals surface area contributed by atoms with Gasteiger partial charge in [0.25, 0.3) is 11.6 Å². The second-order valence-corrected chi connectivity index (χ2v) is 5.26. The highest BCUT2D eigenvalue weighted by atomic mass is 35.5. The summed E-state index contributed by atoms with van der Waals surface area (Å²) in [5, 5.41) is 20.3. The lowest BCUT2D eigenvalue weighted by atomic mass is 10.1. The van der Waals surface area contributed by atoms with E-state index < -0.39 is 6.10 Å². The van der Waals surface area contributed by atoms with Crippen LogP contribution >= 0.6 is 12.4 Å². The number of aromatic nitrogens is 2. The van der Waals surface area contributed by atoms with Gasteiger partial charge in [-0.25, -0.2) is 4.98 Å². The molecule has 8 heteroatoms. The minimum Gasteiger partial charge on any atom is -0.391 e. The SMILES string of the molecule is CCc1noc2ncc(C(=O)NCC3CNCC3O)cc12.Cl. The summed E-state index contributed by atoms with van der Waals surface area (Å²) in [4.78, 5) is 16.3. The van der Waals surface area contributed by atoms with Crippen molar-refractivity contribution in [3.05, 3.63) is 23.5 Å². The number of β-amino-alcohol motifs (C(OH)–C–C–N with tert-alkyl or cyclic N) is 1. The lowest BCUT2D eigenvalue weighted by molar-refractivity contribution is 0.0927. The molecule has 1 saturated heterocycles. The van der Waals surface area contributed by atoms with Crippen LogP contribution in [0.25, 0.3) is 11.1 Å². The molecule has 3 N–H and O–H groups in total. The Morgan fingerprint density at radius 2 is 2.36 bits per heavy atom. The number of hydrogen-bond acceptors (Lipinski definition) is 6. The van der Waals surface area contributed by atoms with Crippen molar-refractivity contribution < 1.29 is 14.4 Å². The first kappa shape index (κ1) is 16.7. The minimum absolute atomic E-state index is 0. The second kappa shape index (κ2) is 7.04. The summed E-state index contributed by atoms with van der Waals surface area (Å²) in [6.45, 7) is 3.70. The van der Waals surface area contributed by atoms with E-state index in [1.807, 2.05) is 6.92 Å². The standard InChI is InChI=1S/C14H18N4O3.ClH/c1-2-11-10-3-8(5-17-14(10)21-18-11)13(20)16-6-9-4-15-7-12(9)19;/h3,5,9,12,15,19H,2,4,6-7H2,1H3,(H,16,20);1H. The number of aryl methyl sites for hydroxylation is 1.